The molecular formula is C24H22BrFN4O. The van der Waals surface area contributed by atoms with Crippen LogP contribution in [0.2, 0.25) is 0 Å². The number of morpholine rings is 1. The van der Waals surface area contributed by atoms with Crippen molar-refractivity contribution in [2.75, 3.05) is 31.2 Å². The minimum Gasteiger partial charge on any atom is -0.378 e. The molecule has 0 N–H and O–H groups in total. The first-order valence-corrected chi connectivity index (χ1v) is 11.6. The Balaban J connectivity index is 1.61. The zero-order valence-corrected chi connectivity index (χ0v) is 18.6. The fourth-order valence-corrected chi connectivity index (χ4v) is 5.01. The molecule has 2 aromatic heterocycles. The van der Waals surface area contributed by atoms with Crippen LogP contribution in [-0.2, 0) is 11.2 Å². The third-order valence-corrected chi connectivity index (χ3v) is 6.86. The van der Waals surface area contributed by atoms with Crippen molar-refractivity contribution >= 4 is 43.6 Å². The molecule has 1 saturated heterocycles. The summed E-state index contributed by atoms with van der Waals surface area (Å²) in [6.45, 7) is 3.20. The minimum absolute atomic E-state index is 0.303. The number of rotatable bonds is 4. The maximum atomic E-state index is 14.5. The largest absolute Gasteiger partial charge is 0.378 e. The maximum Gasteiger partial charge on any atom is 0.149 e. The summed E-state index contributed by atoms with van der Waals surface area (Å²) in [5.74, 6) is 1.40. The van der Waals surface area contributed by atoms with Gasteiger partial charge in [-0.1, -0.05) is 12.1 Å². The number of para-hydroxylation sites is 1. The van der Waals surface area contributed by atoms with Crippen molar-refractivity contribution in [2.24, 2.45) is 5.92 Å². The van der Waals surface area contributed by atoms with Crippen LogP contribution in [0.25, 0.3) is 27.6 Å². The number of imidazole rings is 1. The van der Waals surface area contributed by atoms with Crippen molar-refractivity contribution in [3.63, 3.8) is 0 Å². The highest BCUT2D eigenvalue weighted by Gasteiger charge is 2.27. The van der Waals surface area contributed by atoms with Gasteiger partial charge in [-0.25, -0.2) is 9.37 Å². The number of anilines is 1. The van der Waals surface area contributed by atoms with E-state index in [0.29, 0.717) is 11.4 Å². The lowest BCUT2D eigenvalue weighted by molar-refractivity contribution is 0.122. The molecule has 0 bridgehead atoms. The summed E-state index contributed by atoms with van der Waals surface area (Å²) in [4.78, 5) is 11.7. The standard InChI is InChI=1S/C24H22BrFN4O/c25-18-13-16(29-8-10-31-11-9-29)14-21-24(18)28-22(12-15-4-5-15)30(21)20-6-7-27-23-17(20)2-1-3-19(23)26/h1-3,6-7,13-15H,4-5,8-12H2. The first kappa shape index (κ1) is 19.2. The lowest BCUT2D eigenvalue weighted by Gasteiger charge is -2.29. The molecule has 0 atom stereocenters. The highest BCUT2D eigenvalue weighted by atomic mass is 79.9. The summed E-state index contributed by atoms with van der Waals surface area (Å²) >= 11 is 3.77. The van der Waals surface area contributed by atoms with Gasteiger partial charge in [-0.05, 0) is 59.0 Å². The predicted molar refractivity (Wildman–Crippen MR) is 123 cm³/mol. The quantitative estimate of drug-likeness (QED) is 0.399. The van der Waals surface area contributed by atoms with E-state index in [2.05, 4.69) is 42.5 Å². The van der Waals surface area contributed by atoms with Gasteiger partial charge < -0.3 is 9.64 Å². The fraction of sp³-hybridized carbons (Fsp3) is 0.333. The van der Waals surface area contributed by atoms with Crippen LogP contribution in [0.3, 0.4) is 0 Å². The molecule has 5 nitrogen and oxygen atoms in total. The molecular weight excluding hydrogens is 459 g/mol. The third kappa shape index (κ3) is 3.40. The average molecular weight is 481 g/mol. The van der Waals surface area contributed by atoms with E-state index in [1.807, 2.05) is 12.1 Å². The van der Waals surface area contributed by atoms with Gasteiger partial charge in [0.05, 0.1) is 24.4 Å². The van der Waals surface area contributed by atoms with Gasteiger partial charge in [0.2, 0.25) is 0 Å². The molecule has 7 heteroatoms. The number of pyridine rings is 1. The van der Waals surface area contributed by atoms with Crippen molar-refractivity contribution in [2.45, 2.75) is 19.3 Å². The molecule has 2 fully saturated rings. The number of nitrogens with zero attached hydrogens (tertiary/aromatic N) is 4. The van der Waals surface area contributed by atoms with E-state index in [-0.39, 0.29) is 5.82 Å². The Labute approximate surface area is 188 Å². The Kier molecular flexibility index (Phi) is 4.69. The van der Waals surface area contributed by atoms with Gasteiger partial charge in [-0.2, -0.15) is 0 Å². The van der Waals surface area contributed by atoms with Crippen LogP contribution >= 0.6 is 15.9 Å². The van der Waals surface area contributed by atoms with Gasteiger partial charge >= 0.3 is 0 Å². The highest BCUT2D eigenvalue weighted by Crippen LogP contribution is 2.38. The summed E-state index contributed by atoms with van der Waals surface area (Å²) < 4.78 is 23.2. The summed E-state index contributed by atoms with van der Waals surface area (Å²) in [7, 11) is 0. The lowest BCUT2D eigenvalue weighted by Crippen LogP contribution is -2.36. The van der Waals surface area contributed by atoms with E-state index in [1.165, 1.54) is 18.9 Å². The first-order chi connectivity index (χ1) is 15.2. The van der Waals surface area contributed by atoms with Gasteiger partial charge in [0, 0.05) is 41.3 Å². The summed E-state index contributed by atoms with van der Waals surface area (Å²) in [6.07, 6.45) is 5.10. The summed E-state index contributed by atoms with van der Waals surface area (Å²) in [5, 5.41) is 0.798. The van der Waals surface area contributed by atoms with E-state index < -0.39 is 0 Å². The molecule has 0 spiro atoms. The monoisotopic (exact) mass is 480 g/mol. The van der Waals surface area contributed by atoms with Gasteiger partial charge in [0.15, 0.2) is 0 Å². The van der Waals surface area contributed by atoms with Gasteiger partial charge in [-0.3, -0.25) is 9.55 Å². The van der Waals surface area contributed by atoms with E-state index in [4.69, 9.17) is 9.72 Å². The van der Waals surface area contributed by atoms with E-state index in [0.717, 1.165) is 70.8 Å². The summed E-state index contributed by atoms with van der Waals surface area (Å²) in [6, 6.07) is 11.5. The number of aromatic nitrogens is 3. The average Bonchev–Trinajstić information content (AvgIpc) is 3.53. The molecule has 0 unspecified atom stereocenters. The number of halogens is 2. The fourth-order valence-electron chi connectivity index (χ4n) is 4.48. The van der Waals surface area contributed by atoms with Crippen molar-refractivity contribution in [3.05, 3.63) is 58.7 Å². The molecule has 6 rings (SSSR count). The number of hydrogen-bond donors (Lipinski definition) is 0. The Morgan fingerprint density at radius 2 is 1.94 bits per heavy atom. The van der Waals surface area contributed by atoms with Crippen LogP contribution in [0.15, 0.2) is 47.1 Å². The molecule has 0 amide bonds. The molecule has 2 aromatic carbocycles. The molecule has 1 saturated carbocycles. The number of ether oxygens (including phenoxy) is 1. The van der Waals surface area contributed by atoms with Crippen LogP contribution < -0.4 is 4.90 Å². The molecule has 2 aliphatic rings. The van der Waals surface area contributed by atoms with E-state index in [9.17, 15) is 4.39 Å². The van der Waals surface area contributed by atoms with Crippen molar-refractivity contribution in [3.8, 4) is 5.69 Å². The lowest BCUT2D eigenvalue weighted by atomic mass is 10.1. The Bertz CT molecular complexity index is 1290. The molecule has 158 valence electrons. The zero-order valence-electron chi connectivity index (χ0n) is 17.0. The van der Waals surface area contributed by atoms with E-state index in [1.54, 1.807) is 12.3 Å². The second-order valence-electron chi connectivity index (χ2n) is 8.37. The van der Waals surface area contributed by atoms with Crippen molar-refractivity contribution < 1.29 is 9.13 Å². The maximum absolute atomic E-state index is 14.5. The summed E-state index contributed by atoms with van der Waals surface area (Å²) in [5.41, 5.74) is 4.43. The zero-order chi connectivity index (χ0) is 20.9. The SMILES string of the molecule is Fc1cccc2c(-n3c(CC4CC4)nc4c(Br)cc(N5CCOCC5)cc43)ccnc12. The second-order valence-corrected chi connectivity index (χ2v) is 9.23. The Hall–Kier alpha value is -2.51. The Morgan fingerprint density at radius 1 is 1.10 bits per heavy atom. The number of benzene rings is 2. The Morgan fingerprint density at radius 3 is 2.74 bits per heavy atom. The molecule has 3 heterocycles. The normalized spacial score (nSPS) is 17.0. The van der Waals surface area contributed by atoms with Crippen molar-refractivity contribution in [1.82, 2.24) is 14.5 Å². The van der Waals surface area contributed by atoms with Crippen LogP contribution in [0.5, 0.6) is 0 Å². The van der Waals surface area contributed by atoms with Crippen LogP contribution in [0.1, 0.15) is 18.7 Å². The smallest absolute Gasteiger partial charge is 0.149 e. The predicted octanol–water partition coefficient (Wildman–Crippen LogP) is 5.26. The molecule has 31 heavy (non-hydrogen) atoms. The molecule has 1 aliphatic carbocycles. The molecule has 4 aromatic rings. The van der Waals surface area contributed by atoms with Crippen molar-refractivity contribution in [1.29, 1.82) is 0 Å². The van der Waals surface area contributed by atoms with Crippen LogP contribution in [-0.4, -0.2) is 40.8 Å². The second kappa shape index (κ2) is 7.57. The van der Waals surface area contributed by atoms with Gasteiger partial charge in [0.25, 0.3) is 0 Å². The number of fused-ring (bicyclic) bond motifs is 2. The minimum atomic E-state index is -0.303. The third-order valence-electron chi connectivity index (χ3n) is 6.25. The molecule has 0 radical (unpaired) electrons. The molecule has 1 aliphatic heterocycles. The number of hydrogen-bond acceptors (Lipinski definition) is 4. The van der Waals surface area contributed by atoms with E-state index >= 15 is 0 Å². The van der Waals surface area contributed by atoms with Gasteiger partial charge in [-0.15, -0.1) is 0 Å². The van der Waals surface area contributed by atoms with Gasteiger partial charge in [0.1, 0.15) is 22.7 Å². The van der Waals surface area contributed by atoms with Crippen LogP contribution in [0, 0.1) is 11.7 Å². The highest BCUT2D eigenvalue weighted by molar-refractivity contribution is 9.10. The van der Waals surface area contributed by atoms with Crippen LogP contribution in [0.4, 0.5) is 10.1 Å². The first-order valence-electron chi connectivity index (χ1n) is 10.8. The topological polar surface area (TPSA) is 43.2 Å².